The van der Waals surface area contributed by atoms with Crippen LogP contribution in [0.5, 0.6) is 5.75 Å². The van der Waals surface area contributed by atoms with Crippen molar-refractivity contribution in [3.8, 4) is 5.75 Å². The summed E-state index contributed by atoms with van der Waals surface area (Å²) in [7, 11) is 1.60. The van der Waals surface area contributed by atoms with Crippen LogP contribution in [0.3, 0.4) is 0 Å². The van der Waals surface area contributed by atoms with E-state index in [1.54, 1.807) is 25.3 Å². The molecule has 5 heteroatoms. The normalized spacial score (nSPS) is 20.6. The van der Waals surface area contributed by atoms with Gasteiger partial charge in [0.25, 0.3) is 0 Å². The van der Waals surface area contributed by atoms with E-state index in [9.17, 15) is 9.59 Å². The fourth-order valence-corrected chi connectivity index (χ4v) is 2.11. The van der Waals surface area contributed by atoms with E-state index in [0.717, 1.165) is 11.3 Å². The maximum atomic E-state index is 11.8. The number of carbonyl (C=O) groups is 2. The average Bonchev–Trinajstić information content (AvgIpc) is 2.94. The number of hydrogen-bond donors (Lipinski definition) is 2. The molecule has 0 radical (unpaired) electrons. The number of benzene rings is 1. The summed E-state index contributed by atoms with van der Waals surface area (Å²) in [6.07, 6.45) is 6.86. The summed E-state index contributed by atoms with van der Waals surface area (Å²) in [6.45, 7) is 0. The lowest BCUT2D eigenvalue weighted by Crippen LogP contribution is -2.31. The van der Waals surface area contributed by atoms with Crippen molar-refractivity contribution in [3.63, 3.8) is 0 Å². The summed E-state index contributed by atoms with van der Waals surface area (Å²) in [5.41, 5.74) is 0.885. The van der Waals surface area contributed by atoms with Crippen molar-refractivity contribution < 1.29 is 19.4 Å². The Kier molecular flexibility index (Phi) is 4.77. The molecule has 1 aliphatic carbocycles. The van der Waals surface area contributed by atoms with E-state index in [2.05, 4.69) is 5.32 Å². The molecule has 2 unspecified atom stereocenters. The molecule has 1 amide bonds. The summed E-state index contributed by atoms with van der Waals surface area (Å²) < 4.78 is 5.05. The number of aliphatic carboxylic acids is 1. The monoisotopic (exact) mass is 287 g/mol. The van der Waals surface area contributed by atoms with Gasteiger partial charge < -0.3 is 15.2 Å². The molecule has 2 atom stereocenters. The summed E-state index contributed by atoms with van der Waals surface area (Å²) in [4.78, 5) is 22.6. The molecule has 0 spiro atoms. The predicted octanol–water partition coefficient (Wildman–Crippen LogP) is 1.85. The third-order valence-electron chi connectivity index (χ3n) is 3.27. The number of ether oxygens (including phenoxy) is 1. The van der Waals surface area contributed by atoms with Crippen molar-refractivity contribution in [3.05, 3.63) is 48.1 Å². The van der Waals surface area contributed by atoms with Gasteiger partial charge in [-0.25, -0.2) is 0 Å². The minimum absolute atomic E-state index is 0.223. The van der Waals surface area contributed by atoms with E-state index in [1.807, 2.05) is 24.3 Å². The van der Waals surface area contributed by atoms with Crippen LogP contribution in [0.25, 0.3) is 6.08 Å². The second-order valence-electron chi connectivity index (χ2n) is 4.79. The summed E-state index contributed by atoms with van der Waals surface area (Å²) in [6, 6.07) is 7.10. The summed E-state index contributed by atoms with van der Waals surface area (Å²) in [5.74, 6) is -0.864. The molecule has 110 valence electrons. The highest BCUT2D eigenvalue weighted by molar-refractivity contribution is 5.92. The van der Waals surface area contributed by atoms with Gasteiger partial charge in [-0.2, -0.15) is 0 Å². The highest BCUT2D eigenvalue weighted by Crippen LogP contribution is 2.18. The number of carboxylic acids is 1. The lowest BCUT2D eigenvalue weighted by molar-refractivity contribution is -0.140. The molecule has 5 nitrogen and oxygen atoms in total. The zero-order valence-electron chi connectivity index (χ0n) is 11.7. The Morgan fingerprint density at radius 1 is 1.29 bits per heavy atom. The van der Waals surface area contributed by atoms with Crippen LogP contribution in [0.1, 0.15) is 12.0 Å². The highest BCUT2D eigenvalue weighted by atomic mass is 16.5. The predicted molar refractivity (Wildman–Crippen MR) is 78.8 cm³/mol. The Morgan fingerprint density at radius 3 is 2.57 bits per heavy atom. The molecule has 1 aromatic rings. The molecular weight excluding hydrogens is 270 g/mol. The number of rotatable bonds is 5. The lowest BCUT2D eigenvalue weighted by atomic mass is 10.1. The lowest BCUT2D eigenvalue weighted by Gasteiger charge is -2.10. The van der Waals surface area contributed by atoms with E-state index in [4.69, 9.17) is 9.84 Å². The molecule has 1 aliphatic rings. The van der Waals surface area contributed by atoms with Gasteiger partial charge in [0.05, 0.1) is 13.0 Å². The van der Waals surface area contributed by atoms with Crippen molar-refractivity contribution in [1.29, 1.82) is 0 Å². The summed E-state index contributed by atoms with van der Waals surface area (Å²) >= 11 is 0. The minimum Gasteiger partial charge on any atom is -0.497 e. The van der Waals surface area contributed by atoms with Crippen molar-refractivity contribution in [2.45, 2.75) is 12.5 Å². The first kappa shape index (κ1) is 14.8. The molecule has 0 saturated carbocycles. The van der Waals surface area contributed by atoms with E-state index < -0.39 is 11.9 Å². The topological polar surface area (TPSA) is 75.6 Å². The Labute approximate surface area is 122 Å². The third-order valence-corrected chi connectivity index (χ3v) is 3.27. The molecule has 0 heterocycles. The fourth-order valence-electron chi connectivity index (χ4n) is 2.11. The highest BCUT2D eigenvalue weighted by Gasteiger charge is 2.24. The molecule has 2 N–H and O–H groups in total. The zero-order valence-corrected chi connectivity index (χ0v) is 11.7. The molecule has 0 aromatic heterocycles. The average molecular weight is 287 g/mol. The van der Waals surface area contributed by atoms with Gasteiger partial charge in [-0.3, -0.25) is 9.59 Å². The van der Waals surface area contributed by atoms with E-state index >= 15 is 0 Å². The van der Waals surface area contributed by atoms with Crippen molar-refractivity contribution >= 4 is 18.0 Å². The van der Waals surface area contributed by atoms with Crippen LogP contribution in [-0.2, 0) is 9.59 Å². The van der Waals surface area contributed by atoms with Gasteiger partial charge in [0.15, 0.2) is 0 Å². The Bertz CT molecular complexity index is 574. The molecule has 0 aliphatic heterocycles. The molecule has 2 rings (SSSR count). The van der Waals surface area contributed by atoms with Gasteiger partial charge in [0, 0.05) is 12.1 Å². The molecule has 0 saturated heterocycles. The van der Waals surface area contributed by atoms with Gasteiger partial charge in [-0.15, -0.1) is 0 Å². The van der Waals surface area contributed by atoms with Gasteiger partial charge in [-0.05, 0) is 30.2 Å². The molecule has 1 aromatic carbocycles. The van der Waals surface area contributed by atoms with Crippen LogP contribution in [0, 0.1) is 5.92 Å². The smallest absolute Gasteiger partial charge is 0.310 e. The molecular formula is C16H17NO4. The van der Waals surface area contributed by atoms with Gasteiger partial charge in [0.2, 0.25) is 5.91 Å². The van der Waals surface area contributed by atoms with Gasteiger partial charge in [-0.1, -0.05) is 24.3 Å². The second-order valence-corrected chi connectivity index (χ2v) is 4.79. The van der Waals surface area contributed by atoms with Gasteiger partial charge in [0.1, 0.15) is 5.75 Å². The largest absolute Gasteiger partial charge is 0.497 e. The maximum Gasteiger partial charge on any atom is 0.310 e. The number of hydrogen-bond acceptors (Lipinski definition) is 3. The van der Waals surface area contributed by atoms with Gasteiger partial charge >= 0.3 is 5.97 Å². The Morgan fingerprint density at radius 2 is 2.00 bits per heavy atom. The van der Waals surface area contributed by atoms with Crippen LogP contribution < -0.4 is 10.1 Å². The minimum atomic E-state index is -0.864. The Balaban J connectivity index is 1.85. The molecule has 0 fully saturated rings. The number of methoxy groups -OCH3 is 1. The first-order chi connectivity index (χ1) is 10.1. The van der Waals surface area contributed by atoms with Crippen LogP contribution in [0.4, 0.5) is 0 Å². The van der Waals surface area contributed by atoms with Crippen LogP contribution in [0.2, 0.25) is 0 Å². The second kappa shape index (κ2) is 6.74. The van der Waals surface area contributed by atoms with Crippen molar-refractivity contribution in [1.82, 2.24) is 5.32 Å². The van der Waals surface area contributed by atoms with Crippen molar-refractivity contribution in [2.75, 3.05) is 7.11 Å². The summed E-state index contributed by atoms with van der Waals surface area (Å²) in [5, 5.41) is 11.6. The van der Waals surface area contributed by atoms with E-state index in [-0.39, 0.29) is 11.9 Å². The molecule has 0 bridgehead atoms. The van der Waals surface area contributed by atoms with Crippen LogP contribution in [-0.4, -0.2) is 30.1 Å². The number of carboxylic acid groups (broad SMARTS) is 1. The quantitative estimate of drug-likeness (QED) is 0.640. The standard InChI is InChI=1S/C16H17NO4/c1-21-14-7-2-11(3-8-14)4-9-15(18)17-13-6-5-12(10-13)16(19)20/h2-9,12-13H,10H2,1H3,(H,17,18)(H,19,20). The number of nitrogens with one attached hydrogen (secondary N) is 1. The molecule has 21 heavy (non-hydrogen) atoms. The number of amides is 1. The maximum absolute atomic E-state index is 11.8. The van der Waals surface area contributed by atoms with Crippen molar-refractivity contribution in [2.24, 2.45) is 5.92 Å². The van der Waals surface area contributed by atoms with Crippen LogP contribution >= 0.6 is 0 Å². The first-order valence-electron chi connectivity index (χ1n) is 6.62. The van der Waals surface area contributed by atoms with E-state index in [0.29, 0.717) is 6.42 Å². The van der Waals surface area contributed by atoms with Crippen LogP contribution in [0.15, 0.2) is 42.5 Å². The first-order valence-corrected chi connectivity index (χ1v) is 6.62. The number of carbonyl (C=O) groups excluding carboxylic acids is 1. The SMILES string of the molecule is COc1ccc(C=CC(=O)NC2C=CC(C(=O)O)C2)cc1. The van der Waals surface area contributed by atoms with E-state index in [1.165, 1.54) is 6.08 Å². The Hall–Kier alpha value is -2.56. The fraction of sp³-hybridized carbons (Fsp3) is 0.250. The zero-order chi connectivity index (χ0) is 15.2. The third kappa shape index (κ3) is 4.21.